The Bertz CT molecular complexity index is 189. The minimum Gasteiger partial charge on any atom is -0.338 e. The Labute approximate surface area is 78.7 Å². The van der Waals surface area contributed by atoms with E-state index in [4.69, 9.17) is 0 Å². The van der Waals surface area contributed by atoms with Gasteiger partial charge in [0.25, 0.3) is 0 Å². The van der Waals surface area contributed by atoms with Gasteiger partial charge in [0.2, 0.25) is 0 Å². The summed E-state index contributed by atoms with van der Waals surface area (Å²) in [6.45, 7) is 4.89. The molecule has 0 saturated carbocycles. The number of nitrogens with zero attached hydrogens (tertiary/aromatic N) is 1. The molecular weight excluding hydrogens is 166 g/mol. The summed E-state index contributed by atoms with van der Waals surface area (Å²) in [6.07, 6.45) is 2.30. The second-order valence-corrected chi connectivity index (χ2v) is 3.89. The van der Waals surface area contributed by atoms with E-state index in [1.165, 1.54) is 6.42 Å². The Hall–Kier alpha value is -0.770. The minimum atomic E-state index is 0.123. The lowest BCUT2D eigenvalue weighted by atomic mass is 10.1. The molecule has 74 valence electrons. The van der Waals surface area contributed by atoms with Crippen molar-refractivity contribution in [3.05, 3.63) is 0 Å². The number of hydrogen-bond donors (Lipinski definition) is 2. The van der Waals surface area contributed by atoms with Crippen molar-refractivity contribution in [3.63, 3.8) is 0 Å². The Morgan fingerprint density at radius 1 is 1.46 bits per heavy atom. The standard InChI is InChI=1S/C9H17N3O/c13-9-11-3-1-5-12(9)7-8-2-4-10-6-8/h8,10H,1-7H2,(H,11,13). The van der Waals surface area contributed by atoms with E-state index in [1.54, 1.807) is 0 Å². The predicted octanol–water partition coefficient (Wildman–Crippen LogP) is 0.0112. The van der Waals surface area contributed by atoms with E-state index < -0.39 is 0 Å². The van der Waals surface area contributed by atoms with Gasteiger partial charge in [-0.3, -0.25) is 0 Å². The molecule has 2 fully saturated rings. The van der Waals surface area contributed by atoms with Crippen LogP contribution in [0.15, 0.2) is 0 Å². The molecule has 2 aliphatic heterocycles. The van der Waals surface area contributed by atoms with E-state index in [0.717, 1.165) is 39.1 Å². The normalized spacial score (nSPS) is 29.1. The molecule has 0 aliphatic carbocycles. The molecule has 0 spiro atoms. The third-order valence-electron chi connectivity index (χ3n) is 2.81. The average molecular weight is 183 g/mol. The van der Waals surface area contributed by atoms with Crippen molar-refractivity contribution in [3.8, 4) is 0 Å². The van der Waals surface area contributed by atoms with E-state index in [0.29, 0.717) is 5.92 Å². The lowest BCUT2D eigenvalue weighted by Gasteiger charge is -2.29. The highest BCUT2D eigenvalue weighted by Gasteiger charge is 2.23. The summed E-state index contributed by atoms with van der Waals surface area (Å²) in [5.41, 5.74) is 0. The molecule has 2 saturated heterocycles. The fourth-order valence-corrected chi connectivity index (χ4v) is 2.03. The number of hydrogen-bond acceptors (Lipinski definition) is 2. The van der Waals surface area contributed by atoms with Crippen LogP contribution in [0.25, 0.3) is 0 Å². The molecule has 2 rings (SSSR count). The summed E-state index contributed by atoms with van der Waals surface area (Å²) < 4.78 is 0. The number of nitrogens with one attached hydrogen (secondary N) is 2. The second kappa shape index (κ2) is 3.96. The van der Waals surface area contributed by atoms with E-state index in [-0.39, 0.29) is 6.03 Å². The zero-order valence-corrected chi connectivity index (χ0v) is 7.88. The topological polar surface area (TPSA) is 44.4 Å². The molecule has 1 atom stereocenters. The Kier molecular flexibility index (Phi) is 2.68. The molecule has 0 bridgehead atoms. The fraction of sp³-hybridized carbons (Fsp3) is 0.889. The van der Waals surface area contributed by atoms with Crippen molar-refractivity contribution in [1.82, 2.24) is 15.5 Å². The highest BCUT2D eigenvalue weighted by atomic mass is 16.2. The zero-order chi connectivity index (χ0) is 9.10. The molecule has 1 unspecified atom stereocenters. The van der Waals surface area contributed by atoms with Gasteiger partial charge in [-0.05, 0) is 31.8 Å². The summed E-state index contributed by atoms with van der Waals surface area (Å²) in [5, 5.41) is 6.19. The zero-order valence-electron chi connectivity index (χ0n) is 7.88. The van der Waals surface area contributed by atoms with E-state index in [2.05, 4.69) is 10.6 Å². The van der Waals surface area contributed by atoms with Crippen LogP contribution in [0, 0.1) is 5.92 Å². The van der Waals surface area contributed by atoms with Gasteiger partial charge in [-0.2, -0.15) is 0 Å². The highest BCUT2D eigenvalue weighted by molar-refractivity contribution is 5.74. The maximum atomic E-state index is 11.4. The summed E-state index contributed by atoms with van der Waals surface area (Å²) >= 11 is 0. The van der Waals surface area contributed by atoms with Gasteiger partial charge in [-0.25, -0.2) is 4.79 Å². The highest BCUT2D eigenvalue weighted by Crippen LogP contribution is 2.11. The summed E-state index contributed by atoms with van der Waals surface area (Å²) in [4.78, 5) is 13.3. The summed E-state index contributed by atoms with van der Waals surface area (Å²) in [7, 11) is 0. The SMILES string of the molecule is O=C1NCCCN1CC1CCNC1. The quantitative estimate of drug-likeness (QED) is 0.633. The lowest BCUT2D eigenvalue weighted by molar-refractivity contribution is 0.177. The van der Waals surface area contributed by atoms with Crippen LogP contribution < -0.4 is 10.6 Å². The van der Waals surface area contributed by atoms with Gasteiger partial charge in [0, 0.05) is 19.6 Å². The molecule has 0 radical (unpaired) electrons. The molecule has 0 aromatic heterocycles. The van der Waals surface area contributed by atoms with Gasteiger partial charge in [0.15, 0.2) is 0 Å². The van der Waals surface area contributed by atoms with E-state index in [9.17, 15) is 4.79 Å². The van der Waals surface area contributed by atoms with Crippen LogP contribution in [0.3, 0.4) is 0 Å². The Balaban J connectivity index is 1.81. The van der Waals surface area contributed by atoms with Crippen LogP contribution in [0.5, 0.6) is 0 Å². The van der Waals surface area contributed by atoms with Crippen molar-refractivity contribution >= 4 is 6.03 Å². The van der Waals surface area contributed by atoms with Gasteiger partial charge in [0.1, 0.15) is 0 Å². The molecule has 0 aromatic carbocycles. The number of urea groups is 1. The third kappa shape index (κ3) is 2.12. The van der Waals surface area contributed by atoms with Crippen LogP contribution >= 0.6 is 0 Å². The monoisotopic (exact) mass is 183 g/mol. The van der Waals surface area contributed by atoms with Gasteiger partial charge in [-0.1, -0.05) is 0 Å². The van der Waals surface area contributed by atoms with E-state index in [1.807, 2.05) is 4.90 Å². The van der Waals surface area contributed by atoms with Crippen molar-refractivity contribution < 1.29 is 4.79 Å². The number of amides is 2. The summed E-state index contributed by atoms with van der Waals surface area (Å²) in [6, 6.07) is 0.123. The Morgan fingerprint density at radius 3 is 3.08 bits per heavy atom. The third-order valence-corrected chi connectivity index (χ3v) is 2.81. The van der Waals surface area contributed by atoms with Crippen LogP contribution in [-0.4, -0.2) is 43.7 Å². The van der Waals surface area contributed by atoms with Crippen LogP contribution in [0.4, 0.5) is 4.79 Å². The van der Waals surface area contributed by atoms with Crippen molar-refractivity contribution in [1.29, 1.82) is 0 Å². The lowest BCUT2D eigenvalue weighted by Crippen LogP contribution is -2.48. The number of carbonyl (C=O) groups is 1. The maximum Gasteiger partial charge on any atom is 0.317 e. The van der Waals surface area contributed by atoms with Crippen molar-refractivity contribution in [2.45, 2.75) is 12.8 Å². The molecule has 4 nitrogen and oxygen atoms in total. The minimum absolute atomic E-state index is 0.123. The first-order valence-electron chi connectivity index (χ1n) is 5.10. The average Bonchev–Trinajstić information content (AvgIpc) is 2.61. The van der Waals surface area contributed by atoms with Crippen LogP contribution in [-0.2, 0) is 0 Å². The van der Waals surface area contributed by atoms with Crippen molar-refractivity contribution in [2.75, 3.05) is 32.7 Å². The smallest absolute Gasteiger partial charge is 0.317 e. The first kappa shape index (κ1) is 8.81. The molecule has 4 heteroatoms. The number of rotatable bonds is 2. The summed E-state index contributed by atoms with van der Waals surface area (Å²) in [5.74, 6) is 0.670. The molecule has 2 aliphatic rings. The molecule has 2 N–H and O–H groups in total. The molecule has 13 heavy (non-hydrogen) atoms. The predicted molar refractivity (Wildman–Crippen MR) is 50.6 cm³/mol. The molecule has 0 aromatic rings. The first-order valence-corrected chi connectivity index (χ1v) is 5.10. The number of carbonyl (C=O) groups excluding carboxylic acids is 1. The van der Waals surface area contributed by atoms with Crippen LogP contribution in [0.2, 0.25) is 0 Å². The second-order valence-electron chi connectivity index (χ2n) is 3.89. The molecule has 2 amide bonds. The van der Waals surface area contributed by atoms with E-state index >= 15 is 0 Å². The van der Waals surface area contributed by atoms with Gasteiger partial charge in [-0.15, -0.1) is 0 Å². The fourth-order valence-electron chi connectivity index (χ4n) is 2.03. The molecular formula is C9H17N3O. The van der Waals surface area contributed by atoms with Gasteiger partial charge < -0.3 is 15.5 Å². The van der Waals surface area contributed by atoms with Crippen molar-refractivity contribution in [2.24, 2.45) is 5.92 Å². The first-order chi connectivity index (χ1) is 6.36. The molecule has 2 heterocycles. The van der Waals surface area contributed by atoms with Gasteiger partial charge >= 0.3 is 6.03 Å². The van der Waals surface area contributed by atoms with Gasteiger partial charge in [0.05, 0.1) is 0 Å². The van der Waals surface area contributed by atoms with Crippen LogP contribution in [0.1, 0.15) is 12.8 Å². The maximum absolute atomic E-state index is 11.4. The Morgan fingerprint density at radius 2 is 2.38 bits per heavy atom. The largest absolute Gasteiger partial charge is 0.338 e.